The van der Waals surface area contributed by atoms with Crippen LogP contribution in [0.1, 0.15) is 32.1 Å². The fourth-order valence-corrected chi connectivity index (χ4v) is 2.84. The Balaban J connectivity index is 5.24. The van der Waals surface area contributed by atoms with Gasteiger partial charge in [0, 0.05) is 18.7 Å². The van der Waals surface area contributed by atoms with Gasteiger partial charge in [-0.05, 0) is 19.3 Å². The van der Waals surface area contributed by atoms with E-state index in [0.717, 1.165) is 0 Å². The SMILES string of the molecule is NC(N)=NCCCC(N)C(=O)NC(CS)C(=O)NC(CCC(=O)O)C(=O)NC(CC(=O)O)C(=O)O. The quantitative estimate of drug-likeness (QED) is 0.0381. The van der Waals surface area contributed by atoms with Crippen LogP contribution in [0, 0.1) is 0 Å². The van der Waals surface area contributed by atoms with Crippen molar-refractivity contribution in [1.82, 2.24) is 16.0 Å². The van der Waals surface area contributed by atoms with Crippen molar-refractivity contribution >= 4 is 54.2 Å². The first kappa shape index (κ1) is 31.4. The van der Waals surface area contributed by atoms with Gasteiger partial charge in [-0.2, -0.15) is 12.6 Å². The number of hydrogen-bond acceptors (Lipinski definition) is 9. The van der Waals surface area contributed by atoms with E-state index >= 15 is 0 Å². The molecule has 0 bridgehead atoms. The van der Waals surface area contributed by atoms with Gasteiger partial charge in [0.15, 0.2) is 5.96 Å². The second-order valence-electron chi connectivity index (χ2n) is 7.29. The highest BCUT2D eigenvalue weighted by Crippen LogP contribution is 2.04. The molecule has 0 fully saturated rings. The highest BCUT2D eigenvalue weighted by atomic mass is 32.1. The molecule has 4 unspecified atom stereocenters. The van der Waals surface area contributed by atoms with Crippen LogP contribution < -0.4 is 33.2 Å². The fraction of sp³-hybridized carbons (Fsp3) is 0.611. The predicted molar refractivity (Wildman–Crippen MR) is 124 cm³/mol. The van der Waals surface area contributed by atoms with Gasteiger partial charge in [0.2, 0.25) is 17.7 Å². The molecule has 3 amide bonds. The van der Waals surface area contributed by atoms with E-state index < -0.39 is 79.1 Å². The standard InChI is InChI=1S/C18H31N7O9S/c19-8(2-1-5-22-18(20)21)14(30)25-11(7-35)16(32)23-9(3-4-12(26)27)15(31)24-10(17(33)34)6-13(28)29/h8-11,35H,1-7,19H2,(H,23,32)(H,24,31)(H,25,30)(H,26,27)(H,28,29)(H,33,34)(H4,20,21,22). The lowest BCUT2D eigenvalue weighted by atomic mass is 10.1. The summed E-state index contributed by atoms with van der Waals surface area (Å²) in [7, 11) is 0. The maximum Gasteiger partial charge on any atom is 0.326 e. The van der Waals surface area contributed by atoms with E-state index in [1.165, 1.54) is 0 Å². The number of aliphatic imine (C=N–C) groups is 1. The Morgan fingerprint density at radius 3 is 1.83 bits per heavy atom. The molecule has 12 N–H and O–H groups in total. The Hall–Kier alpha value is -3.60. The Kier molecular flexibility index (Phi) is 14.4. The maximum absolute atomic E-state index is 12.6. The molecule has 0 rings (SSSR count). The normalized spacial score (nSPS) is 13.9. The van der Waals surface area contributed by atoms with Crippen molar-refractivity contribution in [2.24, 2.45) is 22.2 Å². The molecular formula is C18H31N7O9S. The van der Waals surface area contributed by atoms with E-state index in [2.05, 4.69) is 28.3 Å². The summed E-state index contributed by atoms with van der Waals surface area (Å²) in [4.78, 5) is 74.1. The van der Waals surface area contributed by atoms with Gasteiger partial charge in [0.1, 0.15) is 18.1 Å². The first-order valence-corrected chi connectivity index (χ1v) is 10.9. The molecule has 0 aliphatic rings. The van der Waals surface area contributed by atoms with E-state index in [1.54, 1.807) is 0 Å². The van der Waals surface area contributed by atoms with E-state index in [4.69, 9.17) is 32.5 Å². The molecular weight excluding hydrogens is 490 g/mol. The van der Waals surface area contributed by atoms with Crippen molar-refractivity contribution < 1.29 is 44.1 Å². The minimum atomic E-state index is -1.82. The molecule has 0 spiro atoms. The number of hydrogen-bond donors (Lipinski definition) is 10. The van der Waals surface area contributed by atoms with Gasteiger partial charge in [-0.25, -0.2) is 4.79 Å². The van der Waals surface area contributed by atoms with Gasteiger partial charge in [-0.3, -0.25) is 29.0 Å². The highest BCUT2D eigenvalue weighted by molar-refractivity contribution is 7.80. The first-order valence-electron chi connectivity index (χ1n) is 10.3. The largest absolute Gasteiger partial charge is 0.481 e. The van der Waals surface area contributed by atoms with Crippen molar-refractivity contribution in [1.29, 1.82) is 0 Å². The van der Waals surface area contributed by atoms with E-state index in [1.807, 2.05) is 5.32 Å². The number of nitrogens with one attached hydrogen (secondary N) is 3. The van der Waals surface area contributed by atoms with Crippen LogP contribution >= 0.6 is 12.6 Å². The summed E-state index contributed by atoms with van der Waals surface area (Å²) in [5.41, 5.74) is 16.2. The number of carbonyl (C=O) groups excluding carboxylic acids is 3. The molecule has 4 atom stereocenters. The van der Waals surface area contributed by atoms with Crippen LogP contribution in [0.15, 0.2) is 4.99 Å². The number of carboxylic acids is 3. The summed E-state index contributed by atoms with van der Waals surface area (Å²) in [6, 6.07) is -5.65. The summed E-state index contributed by atoms with van der Waals surface area (Å²) >= 11 is 3.99. The Bertz CT molecular complexity index is 820. The first-order chi connectivity index (χ1) is 16.3. The molecule has 198 valence electrons. The van der Waals surface area contributed by atoms with Crippen molar-refractivity contribution in [2.45, 2.75) is 56.3 Å². The lowest BCUT2D eigenvalue weighted by Gasteiger charge is -2.24. The lowest BCUT2D eigenvalue weighted by Crippen LogP contribution is -2.57. The van der Waals surface area contributed by atoms with Crippen LogP contribution in [-0.4, -0.2) is 93.4 Å². The molecule has 0 saturated heterocycles. The molecule has 0 radical (unpaired) electrons. The van der Waals surface area contributed by atoms with Gasteiger partial charge in [0.05, 0.1) is 12.5 Å². The topological polar surface area (TPSA) is 290 Å². The fourth-order valence-electron chi connectivity index (χ4n) is 2.58. The monoisotopic (exact) mass is 521 g/mol. The van der Waals surface area contributed by atoms with Crippen molar-refractivity contribution in [2.75, 3.05) is 12.3 Å². The lowest BCUT2D eigenvalue weighted by molar-refractivity contribution is -0.147. The highest BCUT2D eigenvalue weighted by Gasteiger charge is 2.31. The maximum atomic E-state index is 12.6. The zero-order valence-corrected chi connectivity index (χ0v) is 19.6. The average Bonchev–Trinajstić information content (AvgIpc) is 2.75. The summed E-state index contributed by atoms with van der Waals surface area (Å²) in [5.74, 6) is -7.53. The van der Waals surface area contributed by atoms with Gasteiger partial charge in [0.25, 0.3) is 0 Å². The Morgan fingerprint density at radius 1 is 0.800 bits per heavy atom. The van der Waals surface area contributed by atoms with Gasteiger partial charge in [-0.15, -0.1) is 0 Å². The van der Waals surface area contributed by atoms with Crippen LogP contribution in [0.3, 0.4) is 0 Å². The van der Waals surface area contributed by atoms with Crippen LogP contribution in [0.25, 0.3) is 0 Å². The summed E-state index contributed by atoms with van der Waals surface area (Å²) in [6.07, 6.45) is -1.40. The molecule has 0 saturated carbocycles. The third kappa shape index (κ3) is 13.6. The Morgan fingerprint density at radius 2 is 1.34 bits per heavy atom. The van der Waals surface area contributed by atoms with Gasteiger partial charge < -0.3 is 48.5 Å². The zero-order chi connectivity index (χ0) is 27.1. The van der Waals surface area contributed by atoms with E-state index in [0.29, 0.717) is 6.42 Å². The smallest absolute Gasteiger partial charge is 0.326 e. The number of nitrogens with two attached hydrogens (primary N) is 3. The minimum absolute atomic E-state index is 0.117. The number of rotatable bonds is 17. The van der Waals surface area contributed by atoms with E-state index in [-0.39, 0.29) is 24.7 Å². The number of carbonyl (C=O) groups is 6. The zero-order valence-electron chi connectivity index (χ0n) is 18.7. The number of carboxylic acid groups (broad SMARTS) is 3. The molecule has 16 nitrogen and oxygen atoms in total. The molecule has 0 aromatic carbocycles. The van der Waals surface area contributed by atoms with Crippen molar-refractivity contribution in [3.05, 3.63) is 0 Å². The van der Waals surface area contributed by atoms with Crippen LogP contribution in [0.2, 0.25) is 0 Å². The summed E-state index contributed by atoms with van der Waals surface area (Å²) in [5, 5.41) is 33.3. The summed E-state index contributed by atoms with van der Waals surface area (Å²) < 4.78 is 0. The average molecular weight is 522 g/mol. The van der Waals surface area contributed by atoms with Crippen LogP contribution in [-0.2, 0) is 28.8 Å². The van der Waals surface area contributed by atoms with Crippen molar-refractivity contribution in [3.8, 4) is 0 Å². The molecule has 0 aromatic rings. The number of guanidine groups is 1. The molecule has 0 aromatic heterocycles. The molecule has 0 heterocycles. The predicted octanol–water partition coefficient (Wildman–Crippen LogP) is -3.82. The second-order valence-corrected chi connectivity index (χ2v) is 7.66. The number of nitrogens with zero attached hydrogens (tertiary/aromatic N) is 1. The van der Waals surface area contributed by atoms with Crippen LogP contribution in [0.4, 0.5) is 0 Å². The third-order valence-electron chi connectivity index (χ3n) is 4.39. The molecule has 0 aliphatic carbocycles. The summed E-state index contributed by atoms with van der Waals surface area (Å²) in [6.45, 7) is 0.235. The minimum Gasteiger partial charge on any atom is -0.481 e. The number of amides is 3. The third-order valence-corrected chi connectivity index (χ3v) is 4.76. The molecule has 0 aliphatic heterocycles. The second kappa shape index (κ2) is 16.1. The van der Waals surface area contributed by atoms with Crippen molar-refractivity contribution in [3.63, 3.8) is 0 Å². The molecule has 17 heteroatoms. The number of thiol groups is 1. The van der Waals surface area contributed by atoms with Gasteiger partial charge >= 0.3 is 17.9 Å². The van der Waals surface area contributed by atoms with E-state index in [9.17, 15) is 28.8 Å². The molecule has 35 heavy (non-hydrogen) atoms. The van der Waals surface area contributed by atoms with Crippen LogP contribution in [0.5, 0.6) is 0 Å². The Labute approximate surface area is 205 Å². The number of aliphatic carboxylic acids is 3. The van der Waals surface area contributed by atoms with Gasteiger partial charge in [-0.1, -0.05) is 0 Å².